The van der Waals surface area contributed by atoms with Gasteiger partial charge in [0.2, 0.25) is 23.6 Å². The van der Waals surface area contributed by atoms with Crippen LogP contribution in [0.25, 0.3) is 0 Å². The monoisotopic (exact) mass is 849 g/mol. The van der Waals surface area contributed by atoms with E-state index in [-0.39, 0.29) is 37.6 Å². The van der Waals surface area contributed by atoms with Crippen molar-refractivity contribution in [3.63, 3.8) is 0 Å². The summed E-state index contributed by atoms with van der Waals surface area (Å²) in [6.45, 7) is 13.6. The molecule has 0 spiro atoms. The zero-order valence-corrected chi connectivity index (χ0v) is 36.7. The number of aliphatic hydroxyl groups excluding tert-OH is 1. The zero-order valence-electron chi connectivity index (χ0n) is 36.0. The summed E-state index contributed by atoms with van der Waals surface area (Å²) in [7, 11) is 2.97. The van der Waals surface area contributed by atoms with Crippen LogP contribution in [0.2, 0.25) is 0 Å². The number of nitrogens with one attached hydrogen (secondary N) is 3. The van der Waals surface area contributed by atoms with Gasteiger partial charge in [0.1, 0.15) is 36.0 Å². The van der Waals surface area contributed by atoms with Crippen molar-refractivity contribution in [1.82, 2.24) is 25.3 Å². The Morgan fingerprint density at radius 2 is 1.59 bits per heavy atom. The number of hydrogen-bond acceptors (Lipinski definition) is 12. The minimum Gasteiger partial charge on any atom is -0.497 e. The van der Waals surface area contributed by atoms with Gasteiger partial charge in [0.15, 0.2) is 11.9 Å². The second kappa shape index (κ2) is 22.4. The number of aliphatic hydroxyl groups is 1. The number of likely N-dealkylation sites (N-methyl/N-ethyl adjacent to an activating group) is 1. The molecule has 4 amide bonds. The largest absolute Gasteiger partial charge is 0.497 e. The molecule has 3 rings (SSSR count). The maximum atomic E-state index is 14.4. The summed E-state index contributed by atoms with van der Waals surface area (Å²) in [5, 5.41) is 16.8. The van der Waals surface area contributed by atoms with Crippen LogP contribution >= 0.6 is 11.8 Å². The summed E-state index contributed by atoms with van der Waals surface area (Å²) in [6, 6.07) is 1.22. The Hall–Kier alpha value is -4.28. The van der Waals surface area contributed by atoms with Crippen LogP contribution in [-0.4, -0.2) is 125 Å². The first-order valence-corrected chi connectivity index (χ1v) is 20.9. The van der Waals surface area contributed by atoms with Gasteiger partial charge in [-0.3, -0.25) is 28.8 Å². The topological polar surface area (TPSA) is 210 Å². The van der Waals surface area contributed by atoms with Crippen LogP contribution in [0.1, 0.15) is 93.1 Å². The van der Waals surface area contributed by atoms with E-state index in [1.165, 1.54) is 37.8 Å². The molecule has 0 saturated carbocycles. The number of carbonyl (C=O) groups is 7. The quantitative estimate of drug-likeness (QED) is 0.161. The average Bonchev–Trinajstić information content (AvgIpc) is 3.69. The highest BCUT2D eigenvalue weighted by molar-refractivity contribution is 6.15. The number of cyclic esters (lactones) is 2. The number of hydrogen-bond donors (Lipinski definition) is 4. The van der Waals surface area contributed by atoms with Gasteiger partial charge >= 0.3 is 11.9 Å². The van der Waals surface area contributed by atoms with E-state index in [0.717, 1.165) is 0 Å². The number of nitrogens with zero attached hydrogens (tertiary/aromatic N) is 2. The number of ketones is 1. The molecule has 1 aromatic carbocycles. The molecule has 17 heteroatoms. The maximum Gasteiger partial charge on any atom is 0.329 e. The third-order valence-electron chi connectivity index (χ3n) is 11.3. The number of rotatable bonds is 9. The molecule has 1 aromatic rings. The number of carbonyl (C=O) groups excluding carboxylic acids is 7. The fraction of sp³-hybridized carbons (Fsp3) is 0.690. The minimum absolute atomic E-state index is 0.00266. The predicted molar refractivity (Wildman–Crippen MR) is 219 cm³/mol. The first kappa shape index (κ1) is 49.1. The van der Waals surface area contributed by atoms with Crippen molar-refractivity contribution in [2.24, 2.45) is 23.7 Å². The van der Waals surface area contributed by atoms with E-state index in [1.807, 2.05) is 20.8 Å². The number of amides is 4. The molecule has 4 N–H and O–H groups in total. The Morgan fingerprint density at radius 1 is 0.949 bits per heavy atom. The van der Waals surface area contributed by atoms with E-state index in [0.29, 0.717) is 24.2 Å². The molecule has 0 bridgehead atoms. The molecular formula is C42H64ClN5O11. The van der Waals surface area contributed by atoms with Crippen molar-refractivity contribution in [1.29, 1.82) is 0 Å². The molecule has 2 fully saturated rings. The van der Waals surface area contributed by atoms with Crippen molar-refractivity contribution in [3.8, 4) is 5.75 Å². The van der Waals surface area contributed by atoms with E-state index in [2.05, 4.69) is 15.5 Å². The molecule has 16 nitrogen and oxygen atoms in total. The van der Waals surface area contributed by atoms with E-state index < -0.39 is 108 Å². The molecule has 1 unspecified atom stereocenters. The second-order valence-corrected chi connectivity index (χ2v) is 16.8. The fourth-order valence-corrected chi connectivity index (χ4v) is 7.70. The van der Waals surface area contributed by atoms with Gasteiger partial charge in [-0.05, 0) is 80.3 Å². The highest BCUT2D eigenvalue weighted by atomic mass is 35.5. The van der Waals surface area contributed by atoms with Gasteiger partial charge in [-0.25, -0.2) is 9.63 Å². The van der Waals surface area contributed by atoms with Gasteiger partial charge < -0.3 is 39.8 Å². The van der Waals surface area contributed by atoms with Crippen molar-refractivity contribution in [2.75, 3.05) is 20.7 Å². The molecule has 10 atom stereocenters. The first-order chi connectivity index (χ1) is 27.7. The van der Waals surface area contributed by atoms with Crippen molar-refractivity contribution in [2.45, 2.75) is 142 Å². The fourth-order valence-electron chi connectivity index (χ4n) is 7.42. The number of halogens is 1. The van der Waals surface area contributed by atoms with Gasteiger partial charge in [-0.1, -0.05) is 60.1 Å². The van der Waals surface area contributed by atoms with Crippen molar-refractivity contribution < 1.29 is 52.9 Å². The van der Waals surface area contributed by atoms with Crippen LogP contribution in [0.4, 0.5) is 0 Å². The van der Waals surface area contributed by atoms with Crippen LogP contribution in [0.5, 0.6) is 5.75 Å². The third-order valence-corrected chi connectivity index (χ3v) is 11.5. The molecule has 330 valence electrons. The molecule has 2 aliphatic heterocycles. The van der Waals surface area contributed by atoms with E-state index in [1.54, 1.807) is 45.0 Å². The minimum atomic E-state index is -1.48. The smallest absolute Gasteiger partial charge is 0.329 e. The number of esters is 2. The van der Waals surface area contributed by atoms with Crippen LogP contribution in [-0.2, 0) is 49.5 Å². The molecule has 59 heavy (non-hydrogen) atoms. The summed E-state index contributed by atoms with van der Waals surface area (Å²) >= 11 is 6.08. The molecule has 0 radical (unpaired) electrons. The number of methoxy groups -OCH3 is 1. The summed E-state index contributed by atoms with van der Waals surface area (Å²) in [4.78, 5) is 103. The van der Waals surface area contributed by atoms with Crippen LogP contribution in [0.15, 0.2) is 24.3 Å². The summed E-state index contributed by atoms with van der Waals surface area (Å²) < 4.78 is 16.7. The number of fused-ring (bicyclic) bond motifs is 1. The third kappa shape index (κ3) is 12.9. The Bertz CT molecular complexity index is 1640. The number of ether oxygens (including phenoxy) is 3. The number of Topliss-reactive ketones (excluding diaryl/α,β-unsaturated/α-hetero) is 1. The Balaban J connectivity index is 2.13. The highest BCUT2D eigenvalue weighted by Gasteiger charge is 2.44. The van der Waals surface area contributed by atoms with E-state index in [9.17, 15) is 38.7 Å². The molecule has 2 heterocycles. The van der Waals surface area contributed by atoms with Crippen molar-refractivity contribution >= 4 is 53.1 Å². The molecule has 2 aliphatic rings. The first-order valence-electron chi connectivity index (χ1n) is 20.5. The second-order valence-electron chi connectivity index (χ2n) is 16.6. The predicted octanol–water partition coefficient (Wildman–Crippen LogP) is 2.70. The van der Waals surface area contributed by atoms with Crippen LogP contribution < -0.4 is 20.2 Å². The SMILES string of the molecule is CC[C@H](C)[C@H]1NC(=O)[C@@H](NCl)[C@@H](C)OC(=O)[C@H](Cc2ccc(OC)cc2)N(C)C(=O)C2CCCN2C(=O)[C@H](CC(C)C)NC(=O)[C@@H](C)C(=O)[C@H](C(C)C)OC(=O)C[C@@H]1O. The van der Waals surface area contributed by atoms with Gasteiger partial charge in [0.25, 0.3) is 0 Å². The standard InChI is InChI=1S/C42H64ClN5O11/c1-11-24(6)34-32(49)21-33(50)59-37(23(4)5)36(51)25(7)38(52)44-29(19-22(2)3)40(54)48-18-12-13-30(48)41(55)47(9)31(20-27-14-16-28(57-10)17-15-27)42(56)58-26(8)35(46-43)39(53)45-34/h14-17,22-26,29-32,34-35,37,46,49H,11-13,18-21H2,1-10H3,(H,44,52)(H,45,53)/t24-,25-,26+,29-,30?,31-,32-,34+,35-,37-/m0/s1. The van der Waals surface area contributed by atoms with Crippen LogP contribution in [0.3, 0.4) is 0 Å². The molecular weight excluding hydrogens is 786 g/mol. The summed E-state index contributed by atoms with van der Waals surface area (Å²) in [5.74, 6) is -6.83. The average molecular weight is 850 g/mol. The van der Waals surface area contributed by atoms with E-state index >= 15 is 0 Å². The summed E-state index contributed by atoms with van der Waals surface area (Å²) in [6.07, 6.45) is -3.23. The highest BCUT2D eigenvalue weighted by Crippen LogP contribution is 2.25. The lowest BCUT2D eigenvalue weighted by Crippen LogP contribution is -2.58. The van der Waals surface area contributed by atoms with Gasteiger partial charge in [-0.15, -0.1) is 0 Å². The summed E-state index contributed by atoms with van der Waals surface area (Å²) in [5.41, 5.74) is 0.661. The van der Waals surface area contributed by atoms with E-state index in [4.69, 9.17) is 26.0 Å². The molecule has 0 aliphatic carbocycles. The lowest BCUT2D eigenvalue weighted by Gasteiger charge is -2.35. The lowest BCUT2D eigenvalue weighted by atomic mass is 9.91. The number of benzene rings is 1. The lowest BCUT2D eigenvalue weighted by molar-refractivity contribution is -0.162. The Kier molecular flexibility index (Phi) is 18.6. The van der Waals surface area contributed by atoms with Gasteiger partial charge in [0.05, 0.1) is 31.6 Å². The van der Waals surface area contributed by atoms with Crippen molar-refractivity contribution in [3.05, 3.63) is 29.8 Å². The Morgan fingerprint density at radius 3 is 2.15 bits per heavy atom. The zero-order chi connectivity index (χ0) is 44.3. The normalized spacial score (nSPS) is 29.5. The van der Waals surface area contributed by atoms with Gasteiger partial charge in [0, 0.05) is 20.0 Å². The Labute approximate surface area is 352 Å². The van der Waals surface area contributed by atoms with Crippen LogP contribution in [0, 0.1) is 23.7 Å². The maximum absolute atomic E-state index is 14.4. The van der Waals surface area contributed by atoms with Gasteiger partial charge in [-0.2, -0.15) is 0 Å². The molecule has 2 saturated heterocycles. The molecule has 0 aromatic heterocycles.